The molecule has 2 fully saturated rings. The number of likely N-dealkylation sites (tertiary alicyclic amines) is 1. The van der Waals surface area contributed by atoms with Crippen molar-refractivity contribution in [1.82, 2.24) is 15.2 Å². The normalized spacial score (nSPS) is 20.1. The van der Waals surface area contributed by atoms with Gasteiger partial charge in [-0.2, -0.15) is 5.26 Å². The molecule has 2 N–H and O–H groups in total. The molecule has 278 valence electrons. The van der Waals surface area contributed by atoms with Crippen molar-refractivity contribution < 1.29 is 19.3 Å². The van der Waals surface area contributed by atoms with Gasteiger partial charge in [-0.15, -0.1) is 0 Å². The molecule has 2 heterocycles. The van der Waals surface area contributed by atoms with E-state index in [0.717, 1.165) is 79.3 Å². The summed E-state index contributed by atoms with van der Waals surface area (Å²) < 4.78 is 19.3. The lowest BCUT2D eigenvalue weighted by Gasteiger charge is -2.29. The predicted octanol–water partition coefficient (Wildman–Crippen LogP) is 9.22. The Morgan fingerprint density at radius 1 is 0.887 bits per heavy atom. The van der Waals surface area contributed by atoms with Gasteiger partial charge in [0.05, 0.1) is 28.3 Å². The van der Waals surface area contributed by atoms with E-state index in [1.54, 1.807) is 12.3 Å². The third-order valence-corrected chi connectivity index (χ3v) is 11.5. The maximum Gasteiger partial charge on any atom is 0.142 e. The number of nitrogens with zero attached hydrogens (tertiary/aromatic N) is 3. The van der Waals surface area contributed by atoms with Gasteiger partial charge in [-0.05, 0) is 92.9 Å². The van der Waals surface area contributed by atoms with Gasteiger partial charge >= 0.3 is 0 Å². The molecule has 53 heavy (non-hydrogen) atoms. The molecule has 0 unspecified atom stereocenters. The molecule has 1 aliphatic heterocycles. The second-order valence-electron chi connectivity index (χ2n) is 14.5. The number of aliphatic hydroxyl groups is 1. The number of aromatic nitrogens is 1. The topological polar surface area (TPSA) is 99.9 Å². The Bertz CT molecular complexity index is 1910. The number of pyridine rings is 1. The van der Waals surface area contributed by atoms with Crippen molar-refractivity contribution in [3.8, 4) is 34.4 Å². The smallest absolute Gasteiger partial charge is 0.142 e. The van der Waals surface area contributed by atoms with Crippen LogP contribution in [0.1, 0.15) is 91.7 Å². The van der Waals surface area contributed by atoms with Crippen molar-refractivity contribution in [2.24, 2.45) is 0 Å². The first-order valence-electron chi connectivity index (χ1n) is 19.1. The summed E-state index contributed by atoms with van der Waals surface area (Å²) in [7, 11) is 0. The van der Waals surface area contributed by atoms with Crippen molar-refractivity contribution in [2.45, 2.75) is 95.6 Å². The van der Waals surface area contributed by atoms with Crippen LogP contribution in [0.5, 0.6) is 17.2 Å². The number of fused-ring (bicyclic) bond motifs is 1. The number of hydrogen-bond donors (Lipinski definition) is 2. The number of aliphatic hydroxyl groups excluding tert-OH is 1. The first-order valence-corrected chi connectivity index (χ1v) is 19.9. The van der Waals surface area contributed by atoms with Gasteiger partial charge in [0.1, 0.15) is 36.0 Å². The maximum atomic E-state index is 10.6. The zero-order valence-electron chi connectivity index (χ0n) is 30.2. The standard InChI is InChI=1S/C43H48Cl2N4O4/c44-36-22-31(27-48-37-12-2-3-13-38(37)50)41(52-28-30-21-29(24-46)25-47-26-30)23-42(36)53-39-16-15-33-32(9-6-10-34(33)39)35-11-7-14-40(43(35)45)51-20-8-19-49-17-4-1-5-18-49/h6-7,9-11,14,21-23,25-26,37-39,48,50H,1-5,8,12-13,15-20,27-28H2/t37-,38+,39+/m1/s1. The molecule has 1 saturated carbocycles. The first-order chi connectivity index (χ1) is 26.0. The highest BCUT2D eigenvalue weighted by atomic mass is 35.5. The van der Waals surface area contributed by atoms with E-state index in [0.29, 0.717) is 46.0 Å². The van der Waals surface area contributed by atoms with E-state index < -0.39 is 0 Å². The summed E-state index contributed by atoms with van der Waals surface area (Å²) >= 11 is 14.0. The van der Waals surface area contributed by atoms with Crippen LogP contribution in [0.25, 0.3) is 11.1 Å². The number of nitrogens with one attached hydrogen (secondary N) is 1. The number of rotatable bonds is 14. The fourth-order valence-electron chi connectivity index (χ4n) is 7.95. The highest BCUT2D eigenvalue weighted by Gasteiger charge is 2.29. The predicted molar refractivity (Wildman–Crippen MR) is 209 cm³/mol. The molecule has 0 spiro atoms. The molecular weight excluding hydrogens is 707 g/mol. The van der Waals surface area contributed by atoms with Crippen LogP contribution < -0.4 is 19.5 Å². The minimum Gasteiger partial charge on any atom is -0.492 e. The second-order valence-corrected chi connectivity index (χ2v) is 15.2. The monoisotopic (exact) mass is 754 g/mol. The summed E-state index contributed by atoms with van der Waals surface area (Å²) in [6, 6.07) is 20.0. The molecule has 1 aromatic heterocycles. The largest absolute Gasteiger partial charge is 0.492 e. The van der Waals surface area contributed by atoms with Crippen LogP contribution in [-0.2, 0) is 19.6 Å². The summed E-state index contributed by atoms with van der Waals surface area (Å²) in [4.78, 5) is 6.71. The van der Waals surface area contributed by atoms with Crippen LogP contribution >= 0.6 is 23.2 Å². The molecule has 3 aliphatic rings. The third-order valence-electron chi connectivity index (χ3n) is 10.8. The van der Waals surface area contributed by atoms with E-state index in [9.17, 15) is 10.4 Å². The molecule has 1 saturated heterocycles. The van der Waals surface area contributed by atoms with Crippen LogP contribution in [0, 0.1) is 11.3 Å². The Labute approximate surface area is 323 Å². The SMILES string of the molecule is N#Cc1cncc(COc2cc(O[C@H]3CCc4c(-c5cccc(OCCCN6CCCCC6)c5Cl)cccc43)c(Cl)cc2CN[C@@H]2CCCC[C@@H]2O)c1. The molecular formula is C43H48Cl2N4O4. The van der Waals surface area contributed by atoms with Gasteiger partial charge in [-0.3, -0.25) is 4.98 Å². The molecule has 3 aromatic carbocycles. The van der Waals surface area contributed by atoms with Crippen LogP contribution in [-0.4, -0.2) is 53.4 Å². The van der Waals surface area contributed by atoms with Crippen molar-refractivity contribution in [1.29, 1.82) is 5.26 Å². The number of benzene rings is 3. The van der Waals surface area contributed by atoms with E-state index >= 15 is 0 Å². The molecule has 2 aliphatic carbocycles. The molecule has 0 radical (unpaired) electrons. The zero-order chi connectivity index (χ0) is 36.6. The van der Waals surface area contributed by atoms with E-state index in [1.165, 1.54) is 44.1 Å². The van der Waals surface area contributed by atoms with Crippen molar-refractivity contribution in [3.05, 3.63) is 105 Å². The maximum absolute atomic E-state index is 10.6. The Morgan fingerprint density at radius 2 is 1.72 bits per heavy atom. The minimum atomic E-state index is -0.377. The summed E-state index contributed by atoms with van der Waals surface area (Å²) in [5.41, 5.74) is 6.50. The van der Waals surface area contributed by atoms with Gasteiger partial charge < -0.3 is 29.5 Å². The van der Waals surface area contributed by atoms with E-state index in [-0.39, 0.29) is 24.9 Å². The van der Waals surface area contributed by atoms with Crippen LogP contribution in [0.2, 0.25) is 10.0 Å². The van der Waals surface area contributed by atoms with E-state index in [2.05, 4.69) is 45.5 Å². The summed E-state index contributed by atoms with van der Waals surface area (Å²) in [5, 5.41) is 24.6. The molecule has 8 nitrogen and oxygen atoms in total. The number of ether oxygens (including phenoxy) is 3. The van der Waals surface area contributed by atoms with Gasteiger partial charge in [0.25, 0.3) is 0 Å². The van der Waals surface area contributed by atoms with Gasteiger partial charge in [0.2, 0.25) is 0 Å². The molecule has 0 amide bonds. The summed E-state index contributed by atoms with van der Waals surface area (Å²) in [6.07, 6.45) is 13.0. The average Bonchev–Trinajstić information content (AvgIpc) is 3.60. The molecule has 3 atom stereocenters. The zero-order valence-corrected chi connectivity index (χ0v) is 31.7. The molecule has 7 rings (SSSR count). The van der Waals surface area contributed by atoms with Crippen molar-refractivity contribution in [3.63, 3.8) is 0 Å². The third kappa shape index (κ3) is 9.28. The lowest BCUT2D eigenvalue weighted by molar-refractivity contribution is 0.0901. The lowest BCUT2D eigenvalue weighted by atomic mass is 9.92. The number of hydrogen-bond acceptors (Lipinski definition) is 8. The minimum absolute atomic E-state index is 0.0113. The Kier molecular flexibility index (Phi) is 12.7. The Balaban J connectivity index is 1.08. The summed E-state index contributed by atoms with van der Waals surface area (Å²) in [5.74, 6) is 1.87. The van der Waals surface area contributed by atoms with Crippen LogP contribution in [0.15, 0.2) is 67.0 Å². The average molecular weight is 756 g/mol. The number of nitriles is 1. The fourth-order valence-corrected chi connectivity index (χ4v) is 8.46. The second kappa shape index (κ2) is 18.0. The number of piperidine rings is 1. The molecule has 0 bridgehead atoms. The fraction of sp³-hybridized carbons (Fsp3) is 0.442. The van der Waals surface area contributed by atoms with Gasteiger partial charge in [-0.25, -0.2) is 0 Å². The highest BCUT2D eigenvalue weighted by molar-refractivity contribution is 6.35. The van der Waals surface area contributed by atoms with Gasteiger partial charge in [0.15, 0.2) is 0 Å². The van der Waals surface area contributed by atoms with E-state index in [4.69, 9.17) is 37.4 Å². The Hall–Kier alpha value is -3.84. The summed E-state index contributed by atoms with van der Waals surface area (Å²) in [6.45, 7) is 4.77. The highest BCUT2D eigenvalue weighted by Crippen LogP contribution is 2.45. The van der Waals surface area contributed by atoms with Crippen LogP contribution in [0.4, 0.5) is 0 Å². The molecule has 10 heteroatoms. The van der Waals surface area contributed by atoms with Gasteiger partial charge in [-0.1, -0.05) is 72.8 Å². The van der Waals surface area contributed by atoms with Crippen LogP contribution in [0.3, 0.4) is 0 Å². The number of halogens is 2. The van der Waals surface area contributed by atoms with E-state index in [1.807, 2.05) is 24.3 Å². The molecule has 4 aromatic rings. The quantitative estimate of drug-likeness (QED) is 0.123. The first kappa shape index (κ1) is 37.5. The van der Waals surface area contributed by atoms with Crippen molar-refractivity contribution in [2.75, 3.05) is 26.2 Å². The van der Waals surface area contributed by atoms with Crippen molar-refractivity contribution >= 4 is 23.2 Å². The Morgan fingerprint density at radius 3 is 2.57 bits per heavy atom. The lowest BCUT2D eigenvalue weighted by Crippen LogP contribution is -2.41. The van der Waals surface area contributed by atoms with Gasteiger partial charge in [0, 0.05) is 54.3 Å².